The normalized spacial score (nSPS) is 14.3. The van der Waals surface area contributed by atoms with Gasteiger partial charge in [0.2, 0.25) is 0 Å². The topological polar surface area (TPSA) is 72.3 Å². The van der Waals surface area contributed by atoms with Gasteiger partial charge in [0.05, 0.1) is 69.4 Å². The van der Waals surface area contributed by atoms with Crippen molar-refractivity contribution in [3.05, 3.63) is 53.1 Å². The highest BCUT2D eigenvalue weighted by Gasteiger charge is 2.23. The van der Waals surface area contributed by atoms with E-state index >= 15 is 0 Å². The number of anilines is 2. The highest BCUT2D eigenvalue weighted by molar-refractivity contribution is 6.08. The second kappa shape index (κ2) is 9.63. The second-order valence-electron chi connectivity index (χ2n) is 7.42. The summed E-state index contributed by atoms with van der Waals surface area (Å²) in [7, 11) is 2.90. The first-order chi connectivity index (χ1) is 14.5. The lowest BCUT2D eigenvalue weighted by atomic mass is 10.1. The summed E-state index contributed by atoms with van der Waals surface area (Å²) < 4.78 is 10.3. The van der Waals surface area contributed by atoms with Gasteiger partial charge >= 0.3 is 5.97 Å². The Labute approximate surface area is 177 Å². The van der Waals surface area contributed by atoms with Gasteiger partial charge in [0.25, 0.3) is 5.91 Å². The van der Waals surface area contributed by atoms with E-state index in [4.69, 9.17) is 9.47 Å². The van der Waals surface area contributed by atoms with Crippen molar-refractivity contribution in [3.63, 3.8) is 0 Å². The summed E-state index contributed by atoms with van der Waals surface area (Å²) in [6.45, 7) is 9.04. The Hall–Kier alpha value is -3.06. The molecule has 2 aromatic carbocycles. The molecule has 0 aromatic heterocycles. The van der Waals surface area contributed by atoms with E-state index in [1.54, 1.807) is 30.2 Å². The van der Waals surface area contributed by atoms with E-state index in [1.165, 1.54) is 7.11 Å². The number of quaternary nitrogens is 1. The van der Waals surface area contributed by atoms with Crippen LogP contribution in [0.15, 0.2) is 36.4 Å². The maximum atomic E-state index is 13.1. The van der Waals surface area contributed by atoms with Crippen LogP contribution >= 0.6 is 0 Å². The Balaban J connectivity index is 1.94. The lowest BCUT2D eigenvalue weighted by molar-refractivity contribution is -0.898. The zero-order valence-corrected chi connectivity index (χ0v) is 18.1. The highest BCUT2D eigenvalue weighted by atomic mass is 16.5. The summed E-state index contributed by atoms with van der Waals surface area (Å²) in [6.07, 6.45) is 0. The van der Waals surface area contributed by atoms with Crippen molar-refractivity contribution in [2.75, 3.05) is 57.2 Å². The number of amides is 1. The largest absolute Gasteiger partial charge is 0.496 e. The molecule has 0 unspecified atom stereocenters. The predicted molar refractivity (Wildman–Crippen MR) is 117 cm³/mol. The van der Waals surface area contributed by atoms with Crippen LogP contribution in [0.25, 0.3) is 0 Å². The smallest absolute Gasteiger partial charge is 0.337 e. The lowest BCUT2D eigenvalue weighted by Gasteiger charge is -2.34. The molecule has 1 saturated heterocycles. The molecule has 1 heterocycles. The number of para-hydroxylation sites is 1. The van der Waals surface area contributed by atoms with Crippen molar-refractivity contribution in [1.29, 1.82) is 0 Å². The Morgan fingerprint density at radius 1 is 1.13 bits per heavy atom. The highest BCUT2D eigenvalue weighted by Crippen LogP contribution is 2.30. The third kappa shape index (κ3) is 4.57. The molecule has 0 spiro atoms. The predicted octanol–water partition coefficient (Wildman–Crippen LogP) is 1.77. The molecule has 7 heteroatoms. The van der Waals surface area contributed by atoms with E-state index in [-0.39, 0.29) is 5.91 Å². The van der Waals surface area contributed by atoms with Crippen molar-refractivity contribution in [2.45, 2.75) is 13.8 Å². The van der Waals surface area contributed by atoms with E-state index in [2.05, 4.69) is 17.1 Å². The van der Waals surface area contributed by atoms with Crippen molar-refractivity contribution >= 4 is 23.3 Å². The molecular weight excluding hydrogens is 382 g/mol. The van der Waals surface area contributed by atoms with Crippen molar-refractivity contribution < 1.29 is 24.0 Å². The molecule has 1 amide bonds. The van der Waals surface area contributed by atoms with Gasteiger partial charge in [0.15, 0.2) is 0 Å². The van der Waals surface area contributed by atoms with Crippen LogP contribution in [0.5, 0.6) is 5.75 Å². The number of benzene rings is 2. The monoisotopic (exact) mass is 412 g/mol. The Kier molecular flexibility index (Phi) is 6.95. The summed E-state index contributed by atoms with van der Waals surface area (Å²) in [6, 6.07) is 10.8. The number of ether oxygens (including phenoxy) is 2. The van der Waals surface area contributed by atoms with E-state index in [0.717, 1.165) is 44.0 Å². The number of likely N-dealkylation sites (N-methyl/N-ethyl adjacent to an activating group) is 1. The Bertz CT molecular complexity index is 921. The van der Waals surface area contributed by atoms with Gasteiger partial charge in [-0.15, -0.1) is 0 Å². The van der Waals surface area contributed by atoms with Crippen LogP contribution in [0, 0.1) is 6.92 Å². The van der Waals surface area contributed by atoms with Crippen LogP contribution in [0.4, 0.5) is 11.4 Å². The number of esters is 1. The van der Waals surface area contributed by atoms with Gasteiger partial charge in [-0.2, -0.15) is 0 Å². The van der Waals surface area contributed by atoms with Crippen LogP contribution in [0.3, 0.4) is 0 Å². The number of carbonyl (C=O) groups is 2. The molecule has 0 atom stereocenters. The number of carbonyl (C=O) groups excluding carboxylic acids is 2. The molecule has 0 saturated carbocycles. The van der Waals surface area contributed by atoms with Crippen molar-refractivity contribution in [3.8, 4) is 5.75 Å². The molecule has 1 aliphatic heterocycles. The minimum absolute atomic E-state index is 0.281. The summed E-state index contributed by atoms with van der Waals surface area (Å²) in [4.78, 5) is 29.0. The summed E-state index contributed by atoms with van der Waals surface area (Å²) in [5.41, 5.74) is 3.22. The molecule has 1 aliphatic rings. The van der Waals surface area contributed by atoms with Gasteiger partial charge in [-0.3, -0.25) is 4.79 Å². The number of aryl methyl sites for hydroxylation is 1. The van der Waals surface area contributed by atoms with E-state index in [0.29, 0.717) is 22.6 Å². The number of nitrogens with one attached hydrogen (secondary N) is 2. The molecule has 160 valence electrons. The zero-order valence-electron chi connectivity index (χ0n) is 18.1. The molecule has 30 heavy (non-hydrogen) atoms. The Morgan fingerprint density at radius 2 is 1.87 bits per heavy atom. The van der Waals surface area contributed by atoms with Crippen LogP contribution in [-0.2, 0) is 4.74 Å². The number of methoxy groups -OCH3 is 2. The van der Waals surface area contributed by atoms with Crippen LogP contribution in [0.2, 0.25) is 0 Å². The fraction of sp³-hybridized carbons (Fsp3) is 0.391. The molecule has 0 aliphatic carbocycles. The molecule has 2 aromatic rings. The molecule has 2 N–H and O–H groups in total. The van der Waals surface area contributed by atoms with E-state index in [1.807, 2.05) is 25.1 Å². The number of nitrogens with zero attached hydrogens (tertiary/aromatic N) is 1. The third-order valence-electron chi connectivity index (χ3n) is 5.64. The fourth-order valence-electron chi connectivity index (χ4n) is 3.87. The lowest BCUT2D eigenvalue weighted by Crippen LogP contribution is -3.14. The zero-order chi connectivity index (χ0) is 21.7. The molecule has 1 fully saturated rings. The fourth-order valence-corrected chi connectivity index (χ4v) is 3.87. The van der Waals surface area contributed by atoms with Crippen LogP contribution < -0.4 is 19.9 Å². The first-order valence-corrected chi connectivity index (χ1v) is 10.2. The van der Waals surface area contributed by atoms with Crippen LogP contribution in [0.1, 0.15) is 33.2 Å². The van der Waals surface area contributed by atoms with E-state index in [9.17, 15) is 9.59 Å². The number of hydrogen-bond donors (Lipinski definition) is 2. The van der Waals surface area contributed by atoms with Gasteiger partial charge < -0.3 is 24.6 Å². The SMILES string of the molecule is CC[NH+]1CCN(c2ccc(C(=O)OC)cc2NC(=O)c2cccc(C)c2OC)CC1. The van der Waals surface area contributed by atoms with Crippen molar-refractivity contribution in [2.24, 2.45) is 0 Å². The maximum absolute atomic E-state index is 13.1. The second-order valence-corrected chi connectivity index (χ2v) is 7.42. The molecule has 0 radical (unpaired) electrons. The minimum atomic E-state index is -0.439. The van der Waals surface area contributed by atoms with Gasteiger partial charge in [-0.1, -0.05) is 12.1 Å². The number of rotatable bonds is 6. The average Bonchev–Trinajstić information content (AvgIpc) is 2.78. The Morgan fingerprint density at radius 3 is 2.50 bits per heavy atom. The van der Waals surface area contributed by atoms with Gasteiger partial charge in [-0.05, 0) is 43.7 Å². The quantitative estimate of drug-likeness (QED) is 0.708. The van der Waals surface area contributed by atoms with E-state index < -0.39 is 5.97 Å². The first kappa shape index (κ1) is 21.6. The first-order valence-electron chi connectivity index (χ1n) is 10.2. The molecule has 7 nitrogen and oxygen atoms in total. The van der Waals surface area contributed by atoms with Crippen molar-refractivity contribution in [1.82, 2.24) is 0 Å². The number of piperazine rings is 1. The number of hydrogen-bond acceptors (Lipinski definition) is 5. The molecule has 0 bridgehead atoms. The standard InChI is InChI=1S/C23H29N3O4/c1-5-25-11-13-26(14-12-25)20-10-9-17(23(28)30-4)15-19(20)24-22(27)18-8-6-7-16(2)21(18)29-3/h6-10,15H,5,11-14H2,1-4H3,(H,24,27)/p+1. The summed E-state index contributed by atoms with van der Waals surface area (Å²) in [5.74, 6) is -0.178. The van der Waals surface area contributed by atoms with Crippen LogP contribution in [-0.4, -0.2) is 58.8 Å². The average molecular weight is 413 g/mol. The molecular formula is C23H30N3O4+. The minimum Gasteiger partial charge on any atom is -0.496 e. The maximum Gasteiger partial charge on any atom is 0.337 e. The van der Waals surface area contributed by atoms with Gasteiger partial charge in [0, 0.05) is 0 Å². The summed E-state index contributed by atoms with van der Waals surface area (Å²) >= 11 is 0. The molecule has 3 rings (SSSR count). The summed E-state index contributed by atoms with van der Waals surface area (Å²) in [5, 5.41) is 3.00. The third-order valence-corrected chi connectivity index (χ3v) is 5.64. The van der Waals surface area contributed by atoms with Gasteiger partial charge in [0.1, 0.15) is 5.75 Å². The van der Waals surface area contributed by atoms with Gasteiger partial charge in [-0.25, -0.2) is 4.79 Å².